The molecule has 1 aliphatic heterocycles. The Kier molecular flexibility index (Phi) is 14.2. The van der Waals surface area contributed by atoms with Crippen molar-refractivity contribution in [2.24, 2.45) is 5.73 Å². The molecular weight excluding hydrogens is 628 g/mol. The van der Waals surface area contributed by atoms with Gasteiger partial charge in [0.15, 0.2) is 0 Å². The fourth-order valence-electron chi connectivity index (χ4n) is 4.64. The number of nitrogens with zero attached hydrogens (tertiary/aromatic N) is 1. The third kappa shape index (κ3) is 12.0. The summed E-state index contributed by atoms with van der Waals surface area (Å²) in [6.45, 7) is 6.66. The lowest BCUT2D eigenvalue weighted by molar-refractivity contribution is -0.159. The maximum absolute atomic E-state index is 9.10. The molecule has 0 bridgehead atoms. The summed E-state index contributed by atoms with van der Waals surface area (Å²) >= 11 is 1.86. The molecule has 4 aromatic rings. The van der Waals surface area contributed by atoms with Gasteiger partial charge in [-0.15, -0.1) is 11.3 Å². The van der Waals surface area contributed by atoms with E-state index in [0.717, 1.165) is 31.1 Å². The molecule has 5 rings (SSSR count). The van der Waals surface area contributed by atoms with Gasteiger partial charge in [-0.25, -0.2) is 19.2 Å². The first-order valence-corrected chi connectivity index (χ1v) is 15.6. The maximum Gasteiger partial charge on any atom is 0.414 e. The maximum atomic E-state index is 9.10. The highest BCUT2D eigenvalue weighted by Crippen LogP contribution is 2.40. The Morgan fingerprint density at radius 3 is 1.87 bits per heavy atom. The molecule has 1 aromatic heterocycles. The fraction of sp³-hybridized carbons (Fsp3) is 0.294. The van der Waals surface area contributed by atoms with Crippen LogP contribution >= 0.6 is 11.3 Å². The molecule has 12 nitrogen and oxygen atoms in total. The second kappa shape index (κ2) is 18.2. The molecule has 0 unspecified atom stereocenters. The summed E-state index contributed by atoms with van der Waals surface area (Å²) in [4.78, 5) is 40.2. The third-order valence-corrected chi connectivity index (χ3v) is 8.13. The van der Waals surface area contributed by atoms with Crippen LogP contribution in [0.4, 0.5) is 0 Å². The Labute approximate surface area is 275 Å². The van der Waals surface area contributed by atoms with E-state index in [1.807, 2.05) is 30.4 Å². The predicted octanol–water partition coefficient (Wildman–Crippen LogP) is 4.67. The summed E-state index contributed by atoms with van der Waals surface area (Å²) in [7, 11) is 0. The van der Waals surface area contributed by atoms with E-state index in [9.17, 15) is 0 Å². The van der Waals surface area contributed by atoms with E-state index < -0.39 is 23.9 Å². The monoisotopic (exact) mass is 666 g/mol. The third-order valence-electron chi connectivity index (χ3n) is 6.87. The fourth-order valence-corrected chi connectivity index (χ4v) is 5.87. The number of benzene rings is 3. The number of fused-ring (bicyclic) bond motifs is 1. The van der Waals surface area contributed by atoms with Crippen LogP contribution < -0.4 is 15.2 Å². The summed E-state index contributed by atoms with van der Waals surface area (Å²) in [6, 6.07) is 25.7. The molecule has 0 saturated carbocycles. The van der Waals surface area contributed by atoms with Gasteiger partial charge in [-0.3, -0.25) is 4.90 Å². The Balaban J connectivity index is 0.000000428. The van der Waals surface area contributed by atoms with Crippen molar-refractivity contribution < 1.29 is 49.1 Å². The number of aliphatic carboxylic acids is 4. The number of carbonyl (C=O) groups is 4. The molecule has 13 heteroatoms. The number of carboxylic acid groups (broad SMARTS) is 4. The minimum Gasteiger partial charge on any atom is -0.492 e. The molecule has 1 aliphatic rings. The average molecular weight is 667 g/mol. The first-order chi connectivity index (χ1) is 22.4. The van der Waals surface area contributed by atoms with E-state index in [1.54, 1.807) is 0 Å². The zero-order valence-corrected chi connectivity index (χ0v) is 26.7. The largest absolute Gasteiger partial charge is 0.492 e. The second-order valence-electron chi connectivity index (χ2n) is 10.7. The second-order valence-corrected chi connectivity index (χ2v) is 11.7. The molecule has 6 N–H and O–H groups in total. The lowest BCUT2D eigenvalue weighted by Crippen LogP contribution is -2.25. The van der Waals surface area contributed by atoms with Crippen molar-refractivity contribution in [2.75, 3.05) is 32.8 Å². The number of ether oxygens (including phenoxy) is 2. The van der Waals surface area contributed by atoms with Crippen LogP contribution in [0.25, 0.3) is 20.5 Å². The van der Waals surface area contributed by atoms with E-state index in [1.165, 1.54) is 57.6 Å². The van der Waals surface area contributed by atoms with Gasteiger partial charge in [0.2, 0.25) is 0 Å². The number of thiophene rings is 1. The van der Waals surface area contributed by atoms with Crippen molar-refractivity contribution in [1.29, 1.82) is 0 Å². The number of hydrogen-bond acceptors (Lipinski definition) is 9. The summed E-state index contributed by atoms with van der Waals surface area (Å²) in [6.07, 6.45) is 3.52. The standard InChI is InChI=1S/C30H34N2O2S.2C2H2O4/c1-22(31)21-34-26-14-10-24(11-15-26)30-28(27-6-2-3-7-29(27)35-30)20-23-8-12-25(13-9-23)33-19-18-32-16-4-5-17-32;2*3-1(4)2(5)6/h2-3,6-15,22H,4-5,16-21,31H2,1H3;2*(H,3,4)(H,5,6)/t22-;;/m1../s1. The summed E-state index contributed by atoms with van der Waals surface area (Å²) in [5, 5.41) is 30.9. The van der Waals surface area contributed by atoms with Crippen LogP contribution in [0.5, 0.6) is 11.5 Å². The Morgan fingerprint density at radius 1 is 0.787 bits per heavy atom. The van der Waals surface area contributed by atoms with Crippen LogP contribution in [0.1, 0.15) is 30.9 Å². The number of nitrogens with two attached hydrogens (primary N) is 1. The highest BCUT2D eigenvalue weighted by molar-refractivity contribution is 7.22. The zero-order chi connectivity index (χ0) is 34.3. The van der Waals surface area contributed by atoms with Gasteiger partial charge in [0.05, 0.1) is 0 Å². The van der Waals surface area contributed by atoms with Crippen LogP contribution in [-0.2, 0) is 25.6 Å². The highest BCUT2D eigenvalue weighted by Gasteiger charge is 2.15. The lowest BCUT2D eigenvalue weighted by atomic mass is 9.99. The minimum atomic E-state index is -1.82. The van der Waals surface area contributed by atoms with Crippen LogP contribution in [-0.4, -0.2) is 88.1 Å². The molecule has 0 aliphatic carbocycles. The first kappa shape index (κ1) is 36.5. The quantitative estimate of drug-likeness (QED) is 0.147. The highest BCUT2D eigenvalue weighted by atomic mass is 32.1. The molecule has 1 fully saturated rings. The van der Waals surface area contributed by atoms with Crippen molar-refractivity contribution in [3.63, 3.8) is 0 Å². The van der Waals surface area contributed by atoms with Crippen LogP contribution in [0.2, 0.25) is 0 Å². The van der Waals surface area contributed by atoms with Gasteiger partial charge >= 0.3 is 23.9 Å². The Morgan fingerprint density at radius 2 is 1.32 bits per heavy atom. The molecule has 0 spiro atoms. The van der Waals surface area contributed by atoms with Crippen molar-refractivity contribution in [1.82, 2.24) is 4.90 Å². The van der Waals surface area contributed by atoms with Crippen LogP contribution in [0.15, 0.2) is 72.8 Å². The van der Waals surface area contributed by atoms with E-state index >= 15 is 0 Å². The number of rotatable bonds is 10. The first-order valence-electron chi connectivity index (χ1n) is 14.8. The molecule has 1 saturated heterocycles. The molecule has 250 valence electrons. The van der Waals surface area contributed by atoms with Gasteiger partial charge in [-0.05, 0) is 104 Å². The minimum absolute atomic E-state index is 0.0192. The van der Waals surface area contributed by atoms with Gasteiger partial charge in [0, 0.05) is 22.2 Å². The predicted molar refractivity (Wildman–Crippen MR) is 177 cm³/mol. The van der Waals surface area contributed by atoms with Crippen LogP contribution in [0.3, 0.4) is 0 Å². The molecule has 1 atom stereocenters. The van der Waals surface area contributed by atoms with Crippen molar-refractivity contribution in [3.05, 3.63) is 83.9 Å². The SMILES string of the molecule is C[C@@H](N)COc1ccc(-c2sc3ccccc3c2Cc2ccc(OCCN3CCCC3)cc2)cc1.O=C(O)C(=O)O.O=C(O)C(=O)O. The average Bonchev–Trinajstić information content (AvgIpc) is 3.70. The molecule has 3 aromatic carbocycles. The summed E-state index contributed by atoms with van der Waals surface area (Å²) in [5.74, 6) is -5.49. The normalized spacial score (nSPS) is 13.0. The zero-order valence-electron chi connectivity index (χ0n) is 25.8. The van der Waals surface area contributed by atoms with E-state index in [4.69, 9.17) is 54.8 Å². The molecule has 47 heavy (non-hydrogen) atoms. The van der Waals surface area contributed by atoms with Gasteiger partial charge in [0.1, 0.15) is 24.7 Å². The molecule has 2 heterocycles. The topological polar surface area (TPSA) is 197 Å². The van der Waals surface area contributed by atoms with Gasteiger partial charge in [-0.1, -0.05) is 30.3 Å². The molecular formula is C34H38N2O10S. The van der Waals surface area contributed by atoms with E-state index in [0.29, 0.717) is 6.61 Å². The number of hydrogen-bond donors (Lipinski definition) is 5. The summed E-state index contributed by atoms with van der Waals surface area (Å²) in [5.41, 5.74) is 9.71. The molecule has 0 radical (unpaired) electrons. The lowest BCUT2D eigenvalue weighted by Gasteiger charge is -2.15. The van der Waals surface area contributed by atoms with Gasteiger partial charge < -0.3 is 35.6 Å². The van der Waals surface area contributed by atoms with Crippen molar-refractivity contribution in [3.8, 4) is 21.9 Å². The summed E-state index contributed by atoms with van der Waals surface area (Å²) < 4.78 is 13.1. The smallest absolute Gasteiger partial charge is 0.414 e. The van der Waals surface area contributed by atoms with Crippen molar-refractivity contribution >= 4 is 45.3 Å². The Bertz CT molecular complexity index is 1580. The van der Waals surface area contributed by atoms with E-state index in [2.05, 4.69) is 65.6 Å². The number of likely N-dealkylation sites (tertiary alicyclic amines) is 1. The van der Waals surface area contributed by atoms with Crippen LogP contribution in [0, 0.1) is 0 Å². The van der Waals surface area contributed by atoms with E-state index in [-0.39, 0.29) is 6.04 Å². The molecule has 0 amide bonds. The Hall–Kier alpha value is -4.98. The van der Waals surface area contributed by atoms with Gasteiger partial charge in [-0.2, -0.15) is 0 Å². The number of carboxylic acids is 4. The van der Waals surface area contributed by atoms with Crippen molar-refractivity contribution in [2.45, 2.75) is 32.2 Å². The van der Waals surface area contributed by atoms with Gasteiger partial charge in [0.25, 0.3) is 0 Å².